The van der Waals surface area contributed by atoms with E-state index in [2.05, 4.69) is 9.55 Å². The van der Waals surface area contributed by atoms with Crippen LogP contribution in [0.2, 0.25) is 0 Å². The maximum Gasteiger partial charge on any atom is 0.0952 e. The lowest BCUT2D eigenvalue weighted by molar-refractivity contribution is 0.132. The molecule has 0 fully saturated rings. The van der Waals surface area contributed by atoms with Crippen LogP contribution in [0, 0.1) is 0 Å². The molecule has 4 nitrogen and oxygen atoms in total. The Morgan fingerprint density at radius 3 is 3.07 bits per heavy atom. The maximum atomic E-state index is 5.37. The second-order valence-electron chi connectivity index (χ2n) is 3.94. The molecule has 0 bridgehead atoms. The molecule has 84 valence electrons. The largest absolute Gasteiger partial charge is 0.378 e. The van der Waals surface area contributed by atoms with Crippen LogP contribution in [-0.2, 0) is 24.1 Å². The Bertz CT molecular complexity index is 309. The van der Waals surface area contributed by atoms with Crippen LogP contribution >= 0.6 is 0 Å². The number of hydrogen-bond donors (Lipinski definition) is 1. The van der Waals surface area contributed by atoms with E-state index in [1.54, 1.807) is 0 Å². The zero-order valence-electron chi connectivity index (χ0n) is 9.11. The van der Waals surface area contributed by atoms with E-state index in [-0.39, 0.29) is 0 Å². The molecule has 0 aromatic carbocycles. The number of imidazole rings is 1. The lowest BCUT2D eigenvalue weighted by Crippen LogP contribution is -2.14. The van der Waals surface area contributed by atoms with E-state index >= 15 is 0 Å². The molecule has 0 aliphatic heterocycles. The van der Waals surface area contributed by atoms with Crippen molar-refractivity contribution in [1.82, 2.24) is 9.55 Å². The van der Waals surface area contributed by atoms with E-state index in [9.17, 15) is 0 Å². The monoisotopic (exact) mass is 209 g/mol. The van der Waals surface area contributed by atoms with E-state index in [0.29, 0.717) is 13.2 Å². The fraction of sp³-hybridized carbons (Fsp3) is 0.727. The van der Waals surface area contributed by atoms with Crippen molar-refractivity contribution in [3.8, 4) is 0 Å². The third kappa shape index (κ3) is 2.58. The highest BCUT2D eigenvalue weighted by Crippen LogP contribution is 2.19. The van der Waals surface area contributed by atoms with Crippen molar-refractivity contribution in [1.29, 1.82) is 0 Å². The van der Waals surface area contributed by atoms with Gasteiger partial charge in [0.05, 0.1) is 25.2 Å². The zero-order valence-corrected chi connectivity index (χ0v) is 9.11. The van der Waals surface area contributed by atoms with Gasteiger partial charge in [-0.25, -0.2) is 4.98 Å². The molecule has 0 radical (unpaired) electrons. The molecular weight excluding hydrogens is 190 g/mol. The van der Waals surface area contributed by atoms with E-state index in [4.69, 9.17) is 10.5 Å². The summed E-state index contributed by atoms with van der Waals surface area (Å²) in [4.78, 5) is 4.44. The first-order valence-corrected chi connectivity index (χ1v) is 5.72. The van der Waals surface area contributed by atoms with Crippen molar-refractivity contribution >= 4 is 0 Å². The van der Waals surface area contributed by atoms with Crippen LogP contribution in [0.5, 0.6) is 0 Å². The van der Waals surface area contributed by atoms with E-state index in [1.807, 2.05) is 6.33 Å². The Morgan fingerprint density at radius 1 is 1.33 bits per heavy atom. The molecule has 1 aliphatic carbocycles. The third-order valence-corrected chi connectivity index (χ3v) is 2.85. The molecule has 2 rings (SSSR count). The van der Waals surface area contributed by atoms with Crippen LogP contribution in [0.4, 0.5) is 0 Å². The lowest BCUT2D eigenvalue weighted by Gasteiger charge is -2.13. The first-order chi connectivity index (χ1) is 7.42. The average Bonchev–Trinajstić information content (AvgIpc) is 2.68. The molecule has 4 heteroatoms. The van der Waals surface area contributed by atoms with Gasteiger partial charge >= 0.3 is 0 Å². The van der Waals surface area contributed by atoms with Gasteiger partial charge in [-0.15, -0.1) is 0 Å². The summed E-state index contributed by atoms with van der Waals surface area (Å²) in [6, 6.07) is 0. The zero-order chi connectivity index (χ0) is 10.5. The fourth-order valence-corrected chi connectivity index (χ4v) is 2.07. The fourth-order valence-electron chi connectivity index (χ4n) is 2.07. The normalized spacial score (nSPS) is 15.3. The van der Waals surface area contributed by atoms with E-state index in [1.165, 1.54) is 30.7 Å². The Kier molecular flexibility index (Phi) is 3.75. The van der Waals surface area contributed by atoms with Crippen LogP contribution in [0.3, 0.4) is 0 Å². The van der Waals surface area contributed by atoms with Crippen LogP contribution in [0.15, 0.2) is 6.33 Å². The molecule has 0 saturated carbocycles. The van der Waals surface area contributed by atoms with Gasteiger partial charge in [0.25, 0.3) is 0 Å². The SMILES string of the molecule is NCCOCCn1cnc2c1CCCC2. The molecule has 0 atom stereocenters. The number of nitrogens with two attached hydrogens (primary N) is 1. The molecule has 1 heterocycles. The van der Waals surface area contributed by atoms with Crippen LogP contribution in [0.1, 0.15) is 24.2 Å². The quantitative estimate of drug-likeness (QED) is 0.728. The van der Waals surface area contributed by atoms with Gasteiger partial charge < -0.3 is 15.0 Å². The number of aromatic nitrogens is 2. The smallest absolute Gasteiger partial charge is 0.0952 e. The summed E-state index contributed by atoms with van der Waals surface area (Å²) >= 11 is 0. The van der Waals surface area contributed by atoms with Crippen molar-refractivity contribution in [3.63, 3.8) is 0 Å². The van der Waals surface area contributed by atoms with Gasteiger partial charge in [0, 0.05) is 18.8 Å². The molecular formula is C11H19N3O. The van der Waals surface area contributed by atoms with Gasteiger partial charge in [0.2, 0.25) is 0 Å². The topological polar surface area (TPSA) is 53.1 Å². The highest BCUT2D eigenvalue weighted by atomic mass is 16.5. The molecule has 15 heavy (non-hydrogen) atoms. The van der Waals surface area contributed by atoms with Gasteiger partial charge in [-0.3, -0.25) is 0 Å². The molecule has 1 aromatic rings. The van der Waals surface area contributed by atoms with E-state index < -0.39 is 0 Å². The van der Waals surface area contributed by atoms with E-state index in [0.717, 1.165) is 19.6 Å². The van der Waals surface area contributed by atoms with Gasteiger partial charge in [0.1, 0.15) is 0 Å². The Labute approximate surface area is 90.4 Å². The molecule has 1 aliphatic rings. The standard InChI is InChI=1S/C11H19N3O/c12-5-7-15-8-6-14-9-13-10-3-1-2-4-11(10)14/h9H,1-8,12H2. The number of fused-ring (bicyclic) bond motifs is 1. The average molecular weight is 209 g/mol. The summed E-state index contributed by atoms with van der Waals surface area (Å²) in [6.45, 7) is 2.89. The molecule has 0 saturated heterocycles. The molecule has 2 N–H and O–H groups in total. The second-order valence-corrected chi connectivity index (χ2v) is 3.94. The molecule has 0 spiro atoms. The Morgan fingerprint density at radius 2 is 2.20 bits per heavy atom. The first-order valence-electron chi connectivity index (χ1n) is 5.72. The van der Waals surface area contributed by atoms with Crippen molar-refractivity contribution in [2.75, 3.05) is 19.8 Å². The van der Waals surface area contributed by atoms with Gasteiger partial charge in [-0.2, -0.15) is 0 Å². The minimum atomic E-state index is 0.599. The minimum absolute atomic E-state index is 0.599. The number of rotatable bonds is 5. The third-order valence-electron chi connectivity index (χ3n) is 2.85. The van der Waals surface area contributed by atoms with Gasteiger partial charge in [-0.1, -0.05) is 0 Å². The highest BCUT2D eigenvalue weighted by molar-refractivity contribution is 5.16. The summed E-state index contributed by atoms with van der Waals surface area (Å²) in [5, 5.41) is 0. The van der Waals surface area contributed by atoms with Gasteiger partial charge in [0.15, 0.2) is 0 Å². The summed E-state index contributed by atoms with van der Waals surface area (Å²) < 4.78 is 7.60. The highest BCUT2D eigenvalue weighted by Gasteiger charge is 2.14. The summed E-state index contributed by atoms with van der Waals surface area (Å²) in [6.07, 6.45) is 6.84. The predicted molar refractivity (Wildman–Crippen MR) is 58.7 cm³/mol. The first kappa shape index (κ1) is 10.6. The maximum absolute atomic E-state index is 5.37. The second kappa shape index (κ2) is 5.28. The summed E-state index contributed by atoms with van der Waals surface area (Å²) in [7, 11) is 0. The lowest BCUT2D eigenvalue weighted by atomic mass is 10.0. The Hall–Kier alpha value is -0.870. The molecule has 0 unspecified atom stereocenters. The van der Waals surface area contributed by atoms with Crippen molar-refractivity contribution in [2.45, 2.75) is 32.2 Å². The number of nitrogens with zero attached hydrogens (tertiary/aromatic N) is 2. The number of hydrogen-bond acceptors (Lipinski definition) is 3. The number of aryl methyl sites for hydroxylation is 1. The number of ether oxygens (including phenoxy) is 1. The van der Waals surface area contributed by atoms with Crippen LogP contribution < -0.4 is 5.73 Å². The summed E-state index contributed by atoms with van der Waals surface area (Å²) in [5.41, 5.74) is 8.06. The van der Waals surface area contributed by atoms with Crippen LogP contribution in [0.25, 0.3) is 0 Å². The predicted octanol–water partition coefficient (Wildman–Crippen LogP) is 0.737. The van der Waals surface area contributed by atoms with Crippen LogP contribution in [-0.4, -0.2) is 29.3 Å². The van der Waals surface area contributed by atoms with Crippen molar-refractivity contribution in [2.24, 2.45) is 5.73 Å². The Balaban J connectivity index is 1.88. The molecule has 0 amide bonds. The van der Waals surface area contributed by atoms with Crippen molar-refractivity contribution < 1.29 is 4.74 Å². The minimum Gasteiger partial charge on any atom is -0.378 e. The molecule has 1 aromatic heterocycles. The summed E-state index contributed by atoms with van der Waals surface area (Å²) in [5.74, 6) is 0. The van der Waals surface area contributed by atoms with Crippen molar-refractivity contribution in [3.05, 3.63) is 17.7 Å². The van der Waals surface area contributed by atoms with Gasteiger partial charge in [-0.05, 0) is 25.7 Å².